The first-order valence-electron chi connectivity index (χ1n) is 17.6. The molecule has 0 amide bonds. The highest BCUT2D eigenvalue weighted by Crippen LogP contribution is 2.31. The number of aromatic nitrogens is 2. The van der Waals surface area contributed by atoms with Crippen molar-refractivity contribution in [1.82, 2.24) is 15.5 Å². The minimum absolute atomic E-state index is 0.402. The van der Waals surface area contributed by atoms with Gasteiger partial charge >= 0.3 is 0 Å². The van der Waals surface area contributed by atoms with Crippen molar-refractivity contribution >= 4 is 31.0 Å². The van der Waals surface area contributed by atoms with Crippen LogP contribution >= 0.6 is 0 Å². The average Bonchev–Trinajstić information content (AvgIpc) is 3.70. The molecule has 3 rings (SSSR count). The van der Waals surface area contributed by atoms with Crippen molar-refractivity contribution in [2.75, 3.05) is 37.6 Å². The van der Waals surface area contributed by atoms with Gasteiger partial charge in [-0.1, -0.05) is 86.6 Å². The summed E-state index contributed by atoms with van der Waals surface area (Å²) in [6, 6.07) is 15.1. The Labute approximate surface area is 321 Å². The quantitative estimate of drug-likeness (QED) is 0.0520. The molecule has 1 aromatic heterocycles. The second kappa shape index (κ2) is 36.3. The largest absolute Gasteiger partial charge is 0.478 e. The summed E-state index contributed by atoms with van der Waals surface area (Å²) in [6.07, 6.45) is 27.5. The number of hydrogen-bond donors (Lipinski definition) is 2. The molecule has 0 aliphatic carbocycles. The van der Waals surface area contributed by atoms with Gasteiger partial charge in [-0.2, -0.15) is 4.98 Å². The Balaban J connectivity index is -0.00000155. The predicted octanol–water partition coefficient (Wildman–Crippen LogP) is 10.1. The van der Waals surface area contributed by atoms with Crippen molar-refractivity contribution in [3.63, 3.8) is 0 Å². The molecular weight excluding hydrogens is 663 g/mol. The molecule has 53 heavy (non-hydrogen) atoms. The molecule has 0 saturated carbocycles. The van der Waals surface area contributed by atoms with Crippen molar-refractivity contribution in [1.29, 1.82) is 0 Å². The van der Waals surface area contributed by atoms with Crippen molar-refractivity contribution in [3.05, 3.63) is 114 Å². The number of rotatable bonds is 15. The summed E-state index contributed by atoms with van der Waals surface area (Å²) >= 11 is 0. The number of nitrogens with zero attached hydrogens (tertiary/aromatic N) is 3. The molecule has 1 heterocycles. The number of anilines is 2. The van der Waals surface area contributed by atoms with Crippen LogP contribution in [0.4, 0.5) is 11.4 Å². The fraction of sp³-hybridized carbons (Fsp3) is 0.364. The SMILES string of the molecule is C#C.C/C=C/C.C/C=C\C.C=O.C=O.C\C=C/C=C(\C=C\c1nc(-c2ccc(N(C)CCC(C)C)c(NCc3ccc(CC)cc3)c2)no1)OCNC. The van der Waals surface area contributed by atoms with E-state index in [1.54, 1.807) is 6.08 Å². The van der Waals surface area contributed by atoms with Gasteiger partial charge in [0.25, 0.3) is 5.89 Å². The van der Waals surface area contributed by atoms with Crippen LogP contribution in [-0.4, -0.2) is 51.1 Å². The van der Waals surface area contributed by atoms with E-state index in [2.05, 4.69) is 103 Å². The molecule has 0 bridgehead atoms. The first kappa shape index (κ1) is 51.9. The van der Waals surface area contributed by atoms with Crippen LogP contribution in [-0.2, 0) is 27.3 Å². The Morgan fingerprint density at radius 2 is 1.51 bits per heavy atom. The highest BCUT2D eigenvalue weighted by atomic mass is 16.5. The van der Waals surface area contributed by atoms with Crippen LogP contribution in [0.5, 0.6) is 0 Å². The van der Waals surface area contributed by atoms with Crippen molar-refractivity contribution in [2.24, 2.45) is 5.92 Å². The molecule has 0 fully saturated rings. The number of allylic oxidation sites excluding steroid dienone is 8. The molecule has 0 aliphatic heterocycles. The number of ether oxygens (including phenoxy) is 1. The van der Waals surface area contributed by atoms with Gasteiger partial charge in [-0.05, 0) is 102 Å². The lowest BCUT2D eigenvalue weighted by molar-refractivity contribution is -0.0987. The molecule has 2 aromatic carbocycles. The lowest BCUT2D eigenvalue weighted by Crippen LogP contribution is -2.21. The molecule has 0 unspecified atom stereocenters. The molecule has 0 atom stereocenters. The minimum atomic E-state index is 0.402. The van der Waals surface area contributed by atoms with E-state index in [0.717, 1.165) is 42.9 Å². The molecule has 9 nitrogen and oxygen atoms in total. The number of hydrogen-bond acceptors (Lipinski definition) is 9. The fourth-order valence-corrected chi connectivity index (χ4v) is 3.88. The fourth-order valence-electron chi connectivity index (χ4n) is 3.88. The number of nitrogens with one attached hydrogen (secondary N) is 2. The molecule has 9 heteroatoms. The van der Waals surface area contributed by atoms with Crippen molar-refractivity contribution in [2.45, 2.75) is 74.8 Å². The van der Waals surface area contributed by atoms with Gasteiger partial charge in [0.2, 0.25) is 5.82 Å². The summed E-state index contributed by atoms with van der Waals surface area (Å²) in [6.45, 7) is 22.8. The highest BCUT2D eigenvalue weighted by molar-refractivity contribution is 5.76. The summed E-state index contributed by atoms with van der Waals surface area (Å²) in [5.41, 5.74) is 5.66. The first-order valence-corrected chi connectivity index (χ1v) is 17.6. The summed E-state index contributed by atoms with van der Waals surface area (Å²) in [5.74, 6) is 2.28. The van der Waals surface area contributed by atoms with Gasteiger partial charge in [-0.3, -0.25) is 5.32 Å². The summed E-state index contributed by atoms with van der Waals surface area (Å²) in [4.78, 5) is 22.9. The zero-order chi connectivity index (χ0) is 40.9. The molecule has 0 aliphatic rings. The van der Waals surface area contributed by atoms with E-state index < -0.39 is 0 Å². The Morgan fingerprint density at radius 3 is 2.02 bits per heavy atom. The van der Waals surface area contributed by atoms with Gasteiger partial charge < -0.3 is 29.1 Å². The second-order valence-corrected chi connectivity index (χ2v) is 11.2. The normalized spacial score (nSPS) is 10.5. The summed E-state index contributed by atoms with van der Waals surface area (Å²) in [7, 11) is 3.98. The number of terminal acetylenes is 1. The maximum absolute atomic E-state index is 8.00. The van der Waals surface area contributed by atoms with E-state index in [1.165, 1.54) is 11.1 Å². The monoisotopic (exact) mass is 728 g/mol. The van der Waals surface area contributed by atoms with Crippen LogP contribution in [0.25, 0.3) is 17.5 Å². The van der Waals surface area contributed by atoms with E-state index in [9.17, 15) is 0 Å². The molecule has 0 saturated heterocycles. The van der Waals surface area contributed by atoms with Crippen molar-refractivity contribution < 1.29 is 18.8 Å². The van der Waals surface area contributed by atoms with Gasteiger partial charge in [0.1, 0.15) is 26.1 Å². The zero-order valence-electron chi connectivity index (χ0n) is 33.9. The predicted molar refractivity (Wildman–Crippen MR) is 228 cm³/mol. The summed E-state index contributed by atoms with van der Waals surface area (Å²) < 4.78 is 11.2. The maximum Gasteiger partial charge on any atom is 0.251 e. The Bertz CT molecular complexity index is 1460. The van der Waals surface area contributed by atoms with Crippen LogP contribution in [0, 0.1) is 18.8 Å². The van der Waals surface area contributed by atoms with E-state index in [-0.39, 0.29) is 0 Å². The number of carbonyl (C=O) groups is 2. The lowest BCUT2D eigenvalue weighted by atomic mass is 10.1. The van der Waals surface area contributed by atoms with E-state index >= 15 is 0 Å². The molecule has 290 valence electrons. The van der Waals surface area contributed by atoms with E-state index in [0.29, 0.717) is 30.1 Å². The lowest BCUT2D eigenvalue weighted by Gasteiger charge is -2.24. The Hall–Kier alpha value is -5.46. The zero-order valence-corrected chi connectivity index (χ0v) is 33.9. The van der Waals surface area contributed by atoms with Gasteiger partial charge in [-0.25, -0.2) is 0 Å². The summed E-state index contributed by atoms with van der Waals surface area (Å²) in [5, 5.41) is 10.9. The smallest absolute Gasteiger partial charge is 0.251 e. The van der Waals surface area contributed by atoms with E-state index in [4.69, 9.17) is 18.8 Å². The second-order valence-electron chi connectivity index (χ2n) is 11.2. The number of carbonyl (C=O) groups excluding carboxylic acids is 2. The van der Waals surface area contributed by atoms with Gasteiger partial charge in [0.15, 0.2) is 0 Å². The third-order valence-electron chi connectivity index (χ3n) is 6.96. The van der Waals surface area contributed by atoms with Crippen LogP contribution < -0.4 is 15.5 Å². The van der Waals surface area contributed by atoms with Crippen LogP contribution in [0.2, 0.25) is 0 Å². The van der Waals surface area contributed by atoms with Crippen molar-refractivity contribution in [3.8, 4) is 24.2 Å². The molecular formula is C44H65N5O4. The van der Waals surface area contributed by atoms with Crippen LogP contribution in [0.15, 0.2) is 101 Å². The number of aryl methyl sites for hydroxylation is 1. The van der Waals surface area contributed by atoms with Gasteiger partial charge in [-0.15, -0.1) is 12.8 Å². The van der Waals surface area contributed by atoms with Crippen LogP contribution in [0.1, 0.15) is 78.8 Å². The maximum atomic E-state index is 8.00. The molecule has 3 aromatic rings. The highest BCUT2D eigenvalue weighted by Gasteiger charge is 2.14. The number of benzene rings is 2. The van der Waals surface area contributed by atoms with Crippen LogP contribution in [0.3, 0.4) is 0 Å². The van der Waals surface area contributed by atoms with Gasteiger partial charge in [0, 0.05) is 31.8 Å². The Morgan fingerprint density at radius 1 is 0.925 bits per heavy atom. The molecule has 2 N–H and O–H groups in total. The molecule has 0 spiro atoms. The van der Waals surface area contributed by atoms with Gasteiger partial charge in [0.05, 0.1) is 11.4 Å². The minimum Gasteiger partial charge on any atom is -0.478 e. The molecule has 0 radical (unpaired) electrons. The van der Waals surface area contributed by atoms with E-state index in [1.807, 2.05) is 110 Å². The Kier molecular flexibility index (Phi) is 35.6. The topological polar surface area (TPSA) is 110 Å². The average molecular weight is 728 g/mol. The third kappa shape index (κ3) is 24.4. The first-order chi connectivity index (χ1) is 25.8. The standard InChI is InChI=1S/C32H43N5O2.2C4H8.C2H2.2CH2O/c1-7-9-10-28(38-23-33-5)16-18-31-35-32(36-39-31)27-15-17-30(37(6)20-19-24(3)4)29(21-27)34-22-26-13-11-25(8-2)12-14-26;2*1-3-4-2;3*1-2/h7,9-18,21,24,33-34H,8,19-20,22-23H2,1-6H3;2*3-4H,1-2H3;1-2H;2*1H2/b9-7-,18-16+,28-10+;4-3+;4-3-;;;. The third-order valence-corrected chi connectivity index (χ3v) is 6.96.